The number of carbonyl (C=O) groups excluding carboxylic acids is 3. The van der Waals surface area contributed by atoms with Crippen LogP contribution < -0.4 is 10.6 Å². The van der Waals surface area contributed by atoms with Gasteiger partial charge in [0.25, 0.3) is 11.8 Å². The summed E-state index contributed by atoms with van der Waals surface area (Å²) in [5.41, 5.74) is 1.04. The molecule has 2 aromatic carbocycles. The van der Waals surface area contributed by atoms with E-state index in [-0.39, 0.29) is 17.2 Å². The first-order chi connectivity index (χ1) is 11.5. The minimum Gasteiger partial charge on any atom is -0.508 e. The van der Waals surface area contributed by atoms with Crippen LogP contribution in [0.5, 0.6) is 5.75 Å². The molecule has 0 saturated heterocycles. The number of nitrogens with one attached hydrogen (secondary N) is 2. The minimum atomic E-state index is -0.677. The third-order valence-corrected chi connectivity index (χ3v) is 3.07. The Morgan fingerprint density at radius 2 is 1.75 bits per heavy atom. The number of phenols is 1. The summed E-state index contributed by atoms with van der Waals surface area (Å²) in [5, 5.41) is 14.2. The van der Waals surface area contributed by atoms with E-state index < -0.39 is 18.5 Å². The SMILES string of the molecule is CNC(=O)c1cccc(NC(=O)COC(=O)c2ccc(O)cc2)c1. The molecule has 0 saturated carbocycles. The quantitative estimate of drug-likeness (QED) is 0.722. The predicted molar refractivity (Wildman–Crippen MR) is 86.9 cm³/mol. The van der Waals surface area contributed by atoms with E-state index in [4.69, 9.17) is 9.84 Å². The van der Waals surface area contributed by atoms with Gasteiger partial charge in [-0.15, -0.1) is 0 Å². The second kappa shape index (κ2) is 7.77. The second-order valence-corrected chi connectivity index (χ2v) is 4.83. The first-order valence-electron chi connectivity index (χ1n) is 7.08. The molecular formula is C17H16N2O5. The normalized spacial score (nSPS) is 9.88. The Morgan fingerprint density at radius 3 is 2.42 bits per heavy atom. The number of esters is 1. The maximum absolute atomic E-state index is 11.8. The molecule has 0 fully saturated rings. The third-order valence-electron chi connectivity index (χ3n) is 3.07. The number of rotatable bonds is 5. The van der Waals surface area contributed by atoms with Crippen molar-refractivity contribution in [2.24, 2.45) is 0 Å². The van der Waals surface area contributed by atoms with Gasteiger partial charge in [-0.05, 0) is 42.5 Å². The maximum atomic E-state index is 11.8. The van der Waals surface area contributed by atoms with Crippen molar-refractivity contribution in [3.8, 4) is 5.75 Å². The average molecular weight is 328 g/mol. The second-order valence-electron chi connectivity index (χ2n) is 4.83. The molecule has 7 heteroatoms. The first kappa shape index (κ1) is 17.0. The zero-order chi connectivity index (χ0) is 17.5. The number of benzene rings is 2. The molecule has 0 aliphatic rings. The molecule has 2 amide bonds. The Morgan fingerprint density at radius 1 is 1.04 bits per heavy atom. The molecule has 3 N–H and O–H groups in total. The molecule has 0 atom stereocenters. The summed E-state index contributed by atoms with van der Waals surface area (Å²) in [6, 6.07) is 11.8. The van der Waals surface area contributed by atoms with E-state index in [0.717, 1.165) is 0 Å². The van der Waals surface area contributed by atoms with Gasteiger partial charge in [0.2, 0.25) is 0 Å². The van der Waals surface area contributed by atoms with Crippen LogP contribution in [0.4, 0.5) is 5.69 Å². The number of anilines is 1. The van der Waals surface area contributed by atoms with Crippen LogP contribution in [0.2, 0.25) is 0 Å². The van der Waals surface area contributed by atoms with Crippen LogP contribution in [0.15, 0.2) is 48.5 Å². The number of amides is 2. The third kappa shape index (κ3) is 4.57. The van der Waals surface area contributed by atoms with Crippen LogP contribution in [0.3, 0.4) is 0 Å². The van der Waals surface area contributed by atoms with Gasteiger partial charge in [0.1, 0.15) is 5.75 Å². The van der Waals surface area contributed by atoms with E-state index in [9.17, 15) is 14.4 Å². The predicted octanol–water partition coefficient (Wildman–Crippen LogP) is 1.55. The van der Waals surface area contributed by atoms with E-state index in [1.165, 1.54) is 37.4 Å². The highest BCUT2D eigenvalue weighted by Crippen LogP contribution is 2.12. The lowest BCUT2D eigenvalue weighted by Gasteiger charge is -2.08. The van der Waals surface area contributed by atoms with Crippen LogP contribution in [0.25, 0.3) is 0 Å². The summed E-state index contributed by atoms with van der Waals surface area (Å²) in [6.45, 7) is -0.468. The molecule has 0 spiro atoms. The number of ether oxygens (including phenoxy) is 1. The first-order valence-corrected chi connectivity index (χ1v) is 7.08. The highest BCUT2D eigenvalue weighted by Gasteiger charge is 2.11. The van der Waals surface area contributed by atoms with Crippen LogP contribution in [-0.2, 0) is 9.53 Å². The van der Waals surface area contributed by atoms with Gasteiger partial charge < -0.3 is 20.5 Å². The molecule has 0 aliphatic heterocycles. The van der Waals surface area contributed by atoms with Crippen LogP contribution >= 0.6 is 0 Å². The molecule has 24 heavy (non-hydrogen) atoms. The standard InChI is InChI=1S/C17H16N2O5/c1-18-16(22)12-3-2-4-13(9-12)19-15(21)10-24-17(23)11-5-7-14(20)8-6-11/h2-9,20H,10H2,1H3,(H,18,22)(H,19,21). The number of hydrogen-bond donors (Lipinski definition) is 3. The summed E-state index contributed by atoms with van der Waals surface area (Å²) < 4.78 is 4.89. The molecule has 0 aliphatic carbocycles. The minimum absolute atomic E-state index is 0.0280. The largest absolute Gasteiger partial charge is 0.508 e. The Hall–Kier alpha value is -3.35. The highest BCUT2D eigenvalue weighted by molar-refractivity contribution is 5.98. The van der Waals surface area contributed by atoms with E-state index in [1.54, 1.807) is 18.2 Å². The van der Waals surface area contributed by atoms with E-state index >= 15 is 0 Å². The molecule has 0 bridgehead atoms. The van der Waals surface area contributed by atoms with Crippen LogP contribution in [-0.4, -0.2) is 36.5 Å². The Labute approximate surface area is 138 Å². The molecule has 2 aromatic rings. The van der Waals surface area contributed by atoms with Crippen molar-refractivity contribution in [2.75, 3.05) is 19.0 Å². The van der Waals surface area contributed by atoms with Crippen molar-refractivity contribution in [1.29, 1.82) is 0 Å². The lowest BCUT2D eigenvalue weighted by molar-refractivity contribution is -0.119. The van der Waals surface area contributed by atoms with E-state index in [2.05, 4.69) is 10.6 Å². The fourth-order valence-electron chi connectivity index (χ4n) is 1.89. The van der Waals surface area contributed by atoms with Gasteiger partial charge in [-0.25, -0.2) is 4.79 Å². The van der Waals surface area contributed by atoms with Gasteiger partial charge in [0.05, 0.1) is 5.56 Å². The Kier molecular flexibility index (Phi) is 5.51. The molecule has 124 valence electrons. The summed E-state index contributed by atoms with van der Waals surface area (Å²) in [6.07, 6.45) is 0. The number of hydrogen-bond acceptors (Lipinski definition) is 5. The maximum Gasteiger partial charge on any atom is 0.338 e. The van der Waals surface area contributed by atoms with Crippen molar-refractivity contribution < 1.29 is 24.2 Å². The molecule has 0 aromatic heterocycles. The van der Waals surface area contributed by atoms with Crippen LogP contribution in [0, 0.1) is 0 Å². The van der Waals surface area contributed by atoms with Crippen LogP contribution in [0.1, 0.15) is 20.7 Å². The van der Waals surface area contributed by atoms with Gasteiger partial charge in [0, 0.05) is 18.3 Å². The topological polar surface area (TPSA) is 105 Å². The van der Waals surface area contributed by atoms with E-state index in [1.807, 2.05) is 0 Å². The monoisotopic (exact) mass is 328 g/mol. The van der Waals surface area contributed by atoms with Crippen molar-refractivity contribution in [3.05, 3.63) is 59.7 Å². The van der Waals surface area contributed by atoms with Gasteiger partial charge in [-0.1, -0.05) is 6.07 Å². The zero-order valence-electron chi connectivity index (χ0n) is 12.9. The van der Waals surface area contributed by atoms with Gasteiger partial charge in [-0.3, -0.25) is 9.59 Å². The fraction of sp³-hybridized carbons (Fsp3) is 0.118. The number of carbonyl (C=O) groups is 3. The summed E-state index contributed by atoms with van der Waals surface area (Å²) in [4.78, 5) is 35.1. The smallest absolute Gasteiger partial charge is 0.338 e. The van der Waals surface area contributed by atoms with Crippen molar-refractivity contribution >= 4 is 23.5 Å². The molecular weight excluding hydrogens is 312 g/mol. The lowest BCUT2D eigenvalue weighted by atomic mass is 10.2. The molecule has 0 heterocycles. The van der Waals surface area contributed by atoms with Gasteiger partial charge >= 0.3 is 5.97 Å². The molecule has 7 nitrogen and oxygen atoms in total. The fourth-order valence-corrected chi connectivity index (χ4v) is 1.89. The van der Waals surface area contributed by atoms with Crippen molar-refractivity contribution in [2.45, 2.75) is 0 Å². The Balaban J connectivity index is 1.90. The lowest BCUT2D eigenvalue weighted by Crippen LogP contribution is -2.22. The van der Waals surface area contributed by atoms with Gasteiger partial charge in [0.15, 0.2) is 6.61 Å². The van der Waals surface area contributed by atoms with Gasteiger partial charge in [-0.2, -0.15) is 0 Å². The van der Waals surface area contributed by atoms with Crippen molar-refractivity contribution in [3.63, 3.8) is 0 Å². The molecule has 0 unspecified atom stereocenters. The molecule has 2 rings (SSSR count). The van der Waals surface area contributed by atoms with E-state index in [0.29, 0.717) is 11.3 Å². The zero-order valence-corrected chi connectivity index (χ0v) is 12.9. The number of phenolic OH excluding ortho intramolecular Hbond substituents is 1. The highest BCUT2D eigenvalue weighted by atomic mass is 16.5. The van der Waals surface area contributed by atoms with Crippen molar-refractivity contribution in [1.82, 2.24) is 5.32 Å². The summed E-state index contributed by atoms with van der Waals surface area (Å²) in [7, 11) is 1.51. The summed E-state index contributed by atoms with van der Waals surface area (Å²) >= 11 is 0. The average Bonchev–Trinajstić information content (AvgIpc) is 2.59. The number of aromatic hydroxyl groups is 1. The molecule has 0 radical (unpaired) electrons. The summed E-state index contributed by atoms with van der Waals surface area (Å²) in [5.74, 6) is -1.45. The Bertz CT molecular complexity index is 756.